The van der Waals surface area contributed by atoms with E-state index >= 15 is 0 Å². The molecule has 1 amide bonds. The van der Waals surface area contributed by atoms with E-state index in [1.165, 1.54) is 83.1 Å². The molecule has 1 aliphatic rings. The van der Waals surface area contributed by atoms with Crippen molar-refractivity contribution < 1.29 is 57.0 Å². The number of allylic oxidation sites excluding steroid dienone is 3. The van der Waals surface area contributed by atoms with Crippen molar-refractivity contribution in [1.29, 1.82) is 0 Å². The summed E-state index contributed by atoms with van der Waals surface area (Å²) in [5, 5.41) is 54.8. The number of amides is 1. The lowest BCUT2D eigenvalue weighted by molar-refractivity contribution is -0.298. The normalized spacial score (nSPS) is 23.0. The number of unbranched alkanes of at least 4 members (excludes halogenated alkanes) is 17. The summed E-state index contributed by atoms with van der Waals surface area (Å²) in [6.07, 6.45) is 18.6. The molecule has 1 heterocycles. The van der Waals surface area contributed by atoms with Crippen LogP contribution in [0.2, 0.25) is 0 Å². The molecule has 0 aromatic rings. The van der Waals surface area contributed by atoms with Crippen LogP contribution in [0.5, 0.6) is 0 Å². The summed E-state index contributed by atoms with van der Waals surface area (Å²) in [6.45, 7) is 3.13. The molecule has 0 bridgehead atoms. The Bertz CT molecular complexity index is 1060. The fourth-order valence-corrected chi connectivity index (χ4v) is 6.61. The van der Waals surface area contributed by atoms with Crippen molar-refractivity contribution in [1.82, 2.24) is 5.32 Å². The Labute approximate surface area is 313 Å². The van der Waals surface area contributed by atoms with Crippen LogP contribution in [0.15, 0.2) is 24.3 Å². The predicted octanol–water partition coefficient (Wildman–Crippen LogP) is 5.18. The van der Waals surface area contributed by atoms with Gasteiger partial charge in [-0.3, -0.25) is 9.35 Å². The van der Waals surface area contributed by atoms with Gasteiger partial charge in [0.15, 0.2) is 6.29 Å². The van der Waals surface area contributed by atoms with Crippen LogP contribution in [0, 0.1) is 0 Å². The third-order valence-electron chi connectivity index (χ3n) is 9.33. The molecule has 7 N–H and O–H groups in total. The largest absolute Gasteiger partial charge is 0.397 e. The highest BCUT2D eigenvalue weighted by atomic mass is 32.3. The molecular weight excluding hydrogens is 694 g/mol. The molecule has 8 atom stereocenters. The molecule has 1 aliphatic heterocycles. The van der Waals surface area contributed by atoms with E-state index in [1.807, 2.05) is 6.08 Å². The van der Waals surface area contributed by atoms with Gasteiger partial charge in [0.25, 0.3) is 0 Å². The van der Waals surface area contributed by atoms with Crippen molar-refractivity contribution in [2.24, 2.45) is 0 Å². The zero-order valence-corrected chi connectivity index (χ0v) is 32.5. The molecule has 0 radical (unpaired) electrons. The molecule has 0 saturated carbocycles. The first-order valence-electron chi connectivity index (χ1n) is 19.8. The first-order valence-corrected chi connectivity index (χ1v) is 21.2. The second-order valence-corrected chi connectivity index (χ2v) is 15.1. The third-order valence-corrected chi connectivity index (χ3v) is 9.80. The van der Waals surface area contributed by atoms with E-state index in [1.54, 1.807) is 0 Å². The maximum absolute atomic E-state index is 13.0. The van der Waals surface area contributed by atoms with E-state index in [0.717, 1.165) is 38.5 Å². The maximum Gasteiger partial charge on any atom is 0.397 e. The van der Waals surface area contributed by atoms with Crippen LogP contribution in [0.4, 0.5) is 0 Å². The van der Waals surface area contributed by atoms with Gasteiger partial charge in [-0.2, -0.15) is 8.42 Å². The summed E-state index contributed by atoms with van der Waals surface area (Å²) in [5.74, 6) is -0.722. The van der Waals surface area contributed by atoms with Crippen LogP contribution < -0.4 is 5.32 Å². The van der Waals surface area contributed by atoms with Crippen LogP contribution in [0.25, 0.3) is 0 Å². The number of carbonyl (C=O) groups is 1. The van der Waals surface area contributed by atoms with E-state index in [2.05, 4.69) is 35.5 Å². The fourth-order valence-electron chi connectivity index (χ4n) is 6.10. The average molecular weight is 766 g/mol. The summed E-state index contributed by atoms with van der Waals surface area (Å²) in [7, 11) is -5.11. The highest BCUT2D eigenvalue weighted by Crippen LogP contribution is 2.26. The predicted molar refractivity (Wildman–Crippen MR) is 201 cm³/mol. The van der Waals surface area contributed by atoms with Gasteiger partial charge in [-0.05, 0) is 44.9 Å². The second kappa shape index (κ2) is 29.8. The lowest BCUT2D eigenvalue weighted by atomic mass is 9.99. The Kier molecular flexibility index (Phi) is 27.9. The van der Waals surface area contributed by atoms with E-state index in [4.69, 9.17) is 14.0 Å². The molecule has 1 saturated heterocycles. The molecule has 306 valence electrons. The molecule has 13 nitrogen and oxygen atoms in total. The summed E-state index contributed by atoms with van der Waals surface area (Å²) < 4.78 is 47.2. The van der Waals surface area contributed by atoms with Crippen LogP contribution in [0.3, 0.4) is 0 Å². The number of nitrogens with one attached hydrogen (secondary N) is 1. The van der Waals surface area contributed by atoms with Crippen molar-refractivity contribution in [3.63, 3.8) is 0 Å². The molecular formula is C38H71NO12S. The summed E-state index contributed by atoms with van der Waals surface area (Å²) in [5.41, 5.74) is 0. The van der Waals surface area contributed by atoms with Crippen LogP contribution in [-0.2, 0) is 28.9 Å². The topological polar surface area (TPSA) is 212 Å². The molecule has 8 unspecified atom stereocenters. The van der Waals surface area contributed by atoms with Crippen molar-refractivity contribution in [3.05, 3.63) is 24.3 Å². The van der Waals surface area contributed by atoms with Gasteiger partial charge in [0.2, 0.25) is 5.91 Å². The van der Waals surface area contributed by atoms with E-state index in [0.29, 0.717) is 12.8 Å². The Morgan fingerprint density at radius 3 is 1.79 bits per heavy atom. The van der Waals surface area contributed by atoms with E-state index in [9.17, 15) is 38.7 Å². The van der Waals surface area contributed by atoms with Crippen LogP contribution in [-0.4, -0.2) is 107 Å². The van der Waals surface area contributed by atoms with Gasteiger partial charge in [0.05, 0.1) is 25.4 Å². The summed E-state index contributed by atoms with van der Waals surface area (Å²) in [4.78, 5) is 13.0. The number of aliphatic hydroxyl groups excluding tert-OH is 5. The highest BCUT2D eigenvalue weighted by molar-refractivity contribution is 7.80. The quantitative estimate of drug-likeness (QED) is 0.0268. The number of carbonyl (C=O) groups excluding carboxylic acids is 1. The van der Waals surface area contributed by atoms with Gasteiger partial charge < -0.3 is 40.3 Å². The monoisotopic (exact) mass is 765 g/mol. The summed E-state index contributed by atoms with van der Waals surface area (Å²) in [6, 6.07) is -1.12. The molecule has 0 spiro atoms. The zero-order chi connectivity index (χ0) is 38.6. The van der Waals surface area contributed by atoms with Crippen molar-refractivity contribution in [3.8, 4) is 0 Å². The first-order chi connectivity index (χ1) is 24.9. The van der Waals surface area contributed by atoms with E-state index in [-0.39, 0.29) is 6.42 Å². The minimum Gasteiger partial charge on any atom is -0.394 e. The van der Waals surface area contributed by atoms with Gasteiger partial charge in [-0.25, -0.2) is 4.18 Å². The number of rotatable bonds is 32. The summed E-state index contributed by atoms with van der Waals surface area (Å²) >= 11 is 0. The smallest absolute Gasteiger partial charge is 0.394 e. The fraction of sp³-hybridized carbons (Fsp3) is 0.868. The Balaban J connectivity index is 2.72. The van der Waals surface area contributed by atoms with Gasteiger partial charge in [-0.15, -0.1) is 0 Å². The zero-order valence-electron chi connectivity index (χ0n) is 31.7. The van der Waals surface area contributed by atoms with Crippen molar-refractivity contribution in [2.75, 3.05) is 13.2 Å². The van der Waals surface area contributed by atoms with Crippen LogP contribution >= 0.6 is 0 Å². The van der Waals surface area contributed by atoms with Crippen molar-refractivity contribution in [2.45, 2.75) is 198 Å². The Morgan fingerprint density at radius 1 is 0.769 bits per heavy atom. The Morgan fingerprint density at radius 2 is 1.27 bits per heavy atom. The first kappa shape index (κ1) is 48.6. The third kappa shape index (κ3) is 22.7. The molecule has 1 rings (SSSR count). The minimum absolute atomic E-state index is 0.213. The Hall–Kier alpha value is -1.46. The van der Waals surface area contributed by atoms with Crippen molar-refractivity contribution >= 4 is 16.3 Å². The molecule has 52 heavy (non-hydrogen) atoms. The molecule has 0 aromatic carbocycles. The highest BCUT2D eigenvalue weighted by Gasteiger charge is 2.48. The molecule has 14 heteroatoms. The standard InChI is InChI=1S/C38H71NO12S/c1-3-5-7-9-11-13-15-17-19-21-23-25-27-32(42)37(45)39-30(31(41)26-24-22-20-18-16-14-12-10-8-6-4-2)29-49-38-35(44)36(51-52(46,47)48)34(43)33(28-40)50-38/h17,19,24,26,30-36,38,40-44H,3-16,18,20-23,25,27-29H2,1-2H3,(H,39,45)(H,46,47,48)/b19-17-,26-24+. The van der Waals surface area contributed by atoms with E-state index < -0.39 is 78.5 Å². The molecule has 1 fully saturated rings. The number of aliphatic hydroxyl groups is 5. The van der Waals surface area contributed by atoms with Crippen LogP contribution in [0.1, 0.15) is 149 Å². The number of hydrogen-bond donors (Lipinski definition) is 7. The van der Waals surface area contributed by atoms with Gasteiger partial charge in [0.1, 0.15) is 30.5 Å². The lowest BCUT2D eigenvalue weighted by Crippen LogP contribution is -2.61. The van der Waals surface area contributed by atoms with Gasteiger partial charge in [0, 0.05) is 0 Å². The maximum atomic E-state index is 13.0. The minimum atomic E-state index is -5.11. The lowest BCUT2D eigenvalue weighted by Gasteiger charge is -2.41. The van der Waals surface area contributed by atoms with Gasteiger partial charge >= 0.3 is 10.4 Å². The SMILES string of the molecule is CCCCCCCC/C=C\CCCCC(O)C(=O)NC(COC1OC(CO)C(O)C(OS(=O)(=O)O)C1O)C(O)/C=C/CCCCCCCCCCC. The average Bonchev–Trinajstić information content (AvgIpc) is 3.11. The number of ether oxygens (including phenoxy) is 2. The molecule has 0 aromatic heterocycles. The number of hydrogen-bond acceptors (Lipinski definition) is 11. The second-order valence-electron chi connectivity index (χ2n) is 14.0. The molecule has 0 aliphatic carbocycles. The van der Waals surface area contributed by atoms with Gasteiger partial charge in [-0.1, -0.05) is 128 Å².